The molecule has 2 rings (SSSR count). The molecule has 0 unspecified atom stereocenters. The van der Waals surface area contributed by atoms with E-state index < -0.39 is 17.2 Å². The van der Waals surface area contributed by atoms with Crippen LogP contribution in [-0.2, 0) is 19.1 Å². The average molecular weight is 322 g/mol. The van der Waals surface area contributed by atoms with E-state index >= 15 is 0 Å². The summed E-state index contributed by atoms with van der Waals surface area (Å²) >= 11 is 7.06. The van der Waals surface area contributed by atoms with Crippen LogP contribution in [0, 0.1) is 0 Å². The lowest BCUT2D eigenvalue weighted by Crippen LogP contribution is -2.11. The van der Waals surface area contributed by atoms with Gasteiger partial charge in [-0.1, -0.05) is 6.92 Å². The van der Waals surface area contributed by atoms with Crippen molar-refractivity contribution in [2.24, 2.45) is 0 Å². The van der Waals surface area contributed by atoms with Crippen LogP contribution >= 0.6 is 22.9 Å². The lowest BCUT2D eigenvalue weighted by molar-refractivity contribution is -0.141. The number of hydrogen-bond donors (Lipinski definition) is 1. The van der Waals surface area contributed by atoms with E-state index in [0.717, 1.165) is 17.4 Å². The zero-order valence-corrected chi connectivity index (χ0v) is 12.0. The van der Waals surface area contributed by atoms with Gasteiger partial charge < -0.3 is 5.32 Å². The monoisotopic (exact) mass is 321 g/mol. The number of anilines is 1. The number of halogens is 4. The highest BCUT2D eigenvalue weighted by Gasteiger charge is 2.33. The molecule has 0 atom stereocenters. The number of alkyl halides is 3. The molecule has 0 radical (unpaired) electrons. The van der Waals surface area contributed by atoms with Gasteiger partial charge in [0.05, 0.1) is 6.54 Å². The van der Waals surface area contributed by atoms with E-state index in [1.165, 1.54) is 5.56 Å². The van der Waals surface area contributed by atoms with Gasteiger partial charge in [-0.3, -0.25) is 0 Å². The maximum Gasteiger partial charge on any atom is 0.433 e. The molecule has 0 saturated heterocycles. The number of aryl methyl sites for hydroxylation is 1. The van der Waals surface area contributed by atoms with Gasteiger partial charge >= 0.3 is 6.18 Å². The quantitative estimate of drug-likeness (QED) is 0.849. The number of nitrogens with zero attached hydrogens (tertiary/aromatic N) is 2. The summed E-state index contributed by atoms with van der Waals surface area (Å²) in [6, 6.07) is 2.85. The third kappa shape index (κ3) is 3.61. The molecule has 0 aliphatic heterocycles. The first-order chi connectivity index (χ1) is 9.40. The van der Waals surface area contributed by atoms with Crippen molar-refractivity contribution in [2.45, 2.75) is 26.1 Å². The van der Waals surface area contributed by atoms with E-state index in [0.29, 0.717) is 6.54 Å². The second-order valence-electron chi connectivity index (χ2n) is 3.98. The lowest BCUT2D eigenvalue weighted by Gasteiger charge is -2.10. The van der Waals surface area contributed by atoms with E-state index in [4.69, 9.17) is 11.6 Å². The van der Waals surface area contributed by atoms with Crippen molar-refractivity contribution in [3.05, 3.63) is 38.9 Å². The highest BCUT2D eigenvalue weighted by molar-refractivity contribution is 7.10. The minimum absolute atomic E-state index is 0.0628. The van der Waals surface area contributed by atoms with Crippen LogP contribution in [0.4, 0.5) is 19.0 Å². The van der Waals surface area contributed by atoms with Crippen molar-refractivity contribution in [3.63, 3.8) is 0 Å². The molecule has 3 nitrogen and oxygen atoms in total. The van der Waals surface area contributed by atoms with Crippen molar-refractivity contribution in [3.8, 4) is 0 Å². The number of nitrogens with one attached hydrogen (secondary N) is 1. The van der Waals surface area contributed by atoms with Gasteiger partial charge in [-0.15, -0.1) is 11.3 Å². The SMILES string of the molecule is CCc1ccsc1CNc1cc(C(F)(F)F)nc(Cl)n1. The third-order valence-electron chi connectivity index (χ3n) is 2.64. The van der Waals surface area contributed by atoms with Crippen molar-refractivity contribution in [2.75, 3.05) is 5.32 Å². The smallest absolute Gasteiger partial charge is 0.365 e. The largest absolute Gasteiger partial charge is 0.433 e. The summed E-state index contributed by atoms with van der Waals surface area (Å²) in [7, 11) is 0. The predicted octanol–water partition coefficient (Wildman–Crippen LogP) is 4.38. The predicted molar refractivity (Wildman–Crippen MR) is 73.1 cm³/mol. The van der Waals surface area contributed by atoms with Crippen LogP contribution < -0.4 is 5.32 Å². The molecule has 0 aliphatic rings. The maximum atomic E-state index is 12.6. The Balaban J connectivity index is 2.16. The third-order valence-corrected chi connectivity index (χ3v) is 3.77. The molecule has 20 heavy (non-hydrogen) atoms. The van der Waals surface area contributed by atoms with Crippen LogP contribution in [0.25, 0.3) is 0 Å². The molecule has 0 spiro atoms. The second kappa shape index (κ2) is 5.97. The number of rotatable bonds is 4. The van der Waals surface area contributed by atoms with Gasteiger partial charge in [-0.2, -0.15) is 13.2 Å². The van der Waals surface area contributed by atoms with Crippen LogP contribution in [0.5, 0.6) is 0 Å². The Labute approximate surface area is 122 Å². The molecule has 8 heteroatoms. The van der Waals surface area contributed by atoms with Crippen molar-refractivity contribution >= 4 is 28.8 Å². The van der Waals surface area contributed by atoms with Gasteiger partial charge in [0.2, 0.25) is 5.28 Å². The molecule has 0 aromatic carbocycles. The van der Waals surface area contributed by atoms with Crippen LogP contribution in [0.1, 0.15) is 23.1 Å². The second-order valence-corrected chi connectivity index (χ2v) is 5.32. The zero-order chi connectivity index (χ0) is 14.8. The van der Waals surface area contributed by atoms with Crippen LogP contribution in [0.15, 0.2) is 17.5 Å². The first-order valence-electron chi connectivity index (χ1n) is 5.81. The topological polar surface area (TPSA) is 37.8 Å². The van der Waals surface area contributed by atoms with E-state index in [-0.39, 0.29) is 5.82 Å². The number of hydrogen-bond acceptors (Lipinski definition) is 4. The molecule has 108 valence electrons. The Morgan fingerprint density at radius 1 is 1.35 bits per heavy atom. The minimum atomic E-state index is -4.54. The summed E-state index contributed by atoms with van der Waals surface area (Å²) in [5, 5.41) is 4.37. The van der Waals surface area contributed by atoms with E-state index in [9.17, 15) is 13.2 Å². The Morgan fingerprint density at radius 2 is 2.10 bits per heavy atom. The highest BCUT2D eigenvalue weighted by atomic mass is 35.5. The fourth-order valence-corrected chi connectivity index (χ4v) is 2.76. The Hall–Kier alpha value is -1.34. The average Bonchev–Trinajstić information content (AvgIpc) is 2.82. The molecule has 2 aromatic rings. The minimum Gasteiger partial charge on any atom is -0.365 e. The van der Waals surface area contributed by atoms with Gasteiger partial charge in [0, 0.05) is 10.9 Å². The molecule has 0 bridgehead atoms. The molecule has 1 N–H and O–H groups in total. The fraction of sp³-hybridized carbons (Fsp3) is 0.333. The van der Waals surface area contributed by atoms with Gasteiger partial charge in [-0.05, 0) is 35.0 Å². The van der Waals surface area contributed by atoms with Gasteiger partial charge in [0.25, 0.3) is 0 Å². The highest BCUT2D eigenvalue weighted by Crippen LogP contribution is 2.29. The van der Waals surface area contributed by atoms with Crippen LogP contribution in [-0.4, -0.2) is 9.97 Å². The number of aromatic nitrogens is 2. The van der Waals surface area contributed by atoms with E-state index in [1.54, 1.807) is 11.3 Å². The number of thiophene rings is 1. The molecule has 0 amide bonds. The van der Waals surface area contributed by atoms with Gasteiger partial charge in [0.15, 0.2) is 5.69 Å². The molecular weight excluding hydrogens is 311 g/mol. The van der Waals surface area contributed by atoms with Gasteiger partial charge in [0.1, 0.15) is 5.82 Å². The van der Waals surface area contributed by atoms with Crippen molar-refractivity contribution in [1.82, 2.24) is 9.97 Å². The zero-order valence-electron chi connectivity index (χ0n) is 10.5. The Kier molecular flexibility index (Phi) is 4.49. The lowest BCUT2D eigenvalue weighted by atomic mass is 10.2. The summed E-state index contributed by atoms with van der Waals surface area (Å²) in [6.07, 6.45) is -3.67. The summed E-state index contributed by atoms with van der Waals surface area (Å²) in [5.41, 5.74) is 0.112. The molecule has 0 aliphatic carbocycles. The summed E-state index contributed by atoms with van der Waals surface area (Å²) in [5.74, 6) is 0.0628. The van der Waals surface area contributed by atoms with Crippen LogP contribution in [0.3, 0.4) is 0 Å². The van der Waals surface area contributed by atoms with Crippen LogP contribution in [0.2, 0.25) is 5.28 Å². The Morgan fingerprint density at radius 3 is 2.75 bits per heavy atom. The maximum absolute atomic E-state index is 12.6. The standard InChI is InChI=1S/C12H11ClF3N3S/c1-2-7-3-4-20-8(7)6-17-10-5-9(12(14,15)16)18-11(13)19-10/h3-5H,2,6H2,1H3,(H,17,18,19). The molecule has 2 aromatic heterocycles. The molecule has 0 fully saturated rings. The first kappa shape index (κ1) is 15.1. The summed E-state index contributed by atoms with van der Waals surface area (Å²) < 4.78 is 37.8. The normalized spacial score (nSPS) is 11.7. The van der Waals surface area contributed by atoms with E-state index in [1.807, 2.05) is 18.4 Å². The summed E-state index contributed by atoms with van der Waals surface area (Å²) in [6.45, 7) is 2.43. The van der Waals surface area contributed by atoms with Crippen molar-refractivity contribution < 1.29 is 13.2 Å². The molecular formula is C12H11ClF3N3S. The van der Waals surface area contributed by atoms with E-state index in [2.05, 4.69) is 15.3 Å². The molecule has 2 heterocycles. The summed E-state index contributed by atoms with van der Waals surface area (Å²) in [4.78, 5) is 7.99. The van der Waals surface area contributed by atoms with Crippen molar-refractivity contribution in [1.29, 1.82) is 0 Å². The fourth-order valence-electron chi connectivity index (χ4n) is 1.66. The Bertz CT molecular complexity index is 598. The first-order valence-corrected chi connectivity index (χ1v) is 7.06. The van der Waals surface area contributed by atoms with Gasteiger partial charge in [-0.25, -0.2) is 9.97 Å². The molecule has 0 saturated carbocycles.